The zero-order chi connectivity index (χ0) is 29.2. The van der Waals surface area contributed by atoms with Gasteiger partial charge in [-0.05, 0) is 82.2 Å². The highest BCUT2D eigenvalue weighted by molar-refractivity contribution is 5.28. The van der Waals surface area contributed by atoms with Crippen molar-refractivity contribution in [3.8, 4) is 11.5 Å². The molecule has 8 heteroatoms. The lowest BCUT2D eigenvalue weighted by Gasteiger charge is -2.08. The fraction of sp³-hybridized carbons (Fsp3) is 0.471. The minimum absolute atomic E-state index is 0.563. The third-order valence-corrected chi connectivity index (χ3v) is 6.78. The molecule has 0 amide bonds. The summed E-state index contributed by atoms with van der Waals surface area (Å²) < 4.78 is 33.5. The quantitative estimate of drug-likeness (QED) is 0.0990. The van der Waals surface area contributed by atoms with E-state index in [1.807, 2.05) is 49.4 Å². The predicted molar refractivity (Wildman–Crippen MR) is 161 cm³/mol. The van der Waals surface area contributed by atoms with Crippen molar-refractivity contribution in [2.24, 2.45) is 0 Å². The maximum atomic E-state index is 5.86. The van der Waals surface area contributed by atoms with Gasteiger partial charge < -0.3 is 28.0 Å². The molecule has 0 aliphatic heterocycles. The van der Waals surface area contributed by atoms with Gasteiger partial charge in [0.25, 0.3) is 0 Å². The molecule has 2 heterocycles. The van der Waals surface area contributed by atoms with E-state index in [0.717, 1.165) is 92.4 Å². The monoisotopic (exact) mass is 576 g/mol. The molecule has 42 heavy (non-hydrogen) atoms. The number of nitrogens with zero attached hydrogens (tertiary/aromatic N) is 2. The van der Waals surface area contributed by atoms with Gasteiger partial charge in [-0.2, -0.15) is 0 Å². The summed E-state index contributed by atoms with van der Waals surface area (Å²) >= 11 is 0. The molecule has 0 radical (unpaired) electrons. The Bertz CT molecular complexity index is 1270. The Morgan fingerprint density at radius 3 is 1.98 bits per heavy atom. The van der Waals surface area contributed by atoms with Gasteiger partial charge in [0.2, 0.25) is 0 Å². The summed E-state index contributed by atoms with van der Waals surface area (Å²) in [6, 6.07) is 20.4. The van der Waals surface area contributed by atoms with Crippen molar-refractivity contribution in [2.75, 3.05) is 39.6 Å². The van der Waals surface area contributed by atoms with Gasteiger partial charge in [0, 0.05) is 44.8 Å². The topological polar surface area (TPSA) is 89.0 Å². The number of aryl methyl sites for hydroxylation is 6. The number of benzene rings is 2. The second-order valence-corrected chi connectivity index (χ2v) is 10.5. The van der Waals surface area contributed by atoms with E-state index in [4.69, 9.17) is 28.0 Å². The minimum Gasteiger partial charge on any atom is -0.494 e. The molecule has 0 N–H and O–H groups in total. The largest absolute Gasteiger partial charge is 0.494 e. The number of rotatable bonds is 21. The molecule has 8 nitrogen and oxygen atoms in total. The first-order valence-electron chi connectivity index (χ1n) is 15.1. The molecule has 2 aromatic heterocycles. The summed E-state index contributed by atoms with van der Waals surface area (Å²) in [5.41, 5.74) is 4.46. The summed E-state index contributed by atoms with van der Waals surface area (Å²) in [5, 5.41) is 8.23. The Morgan fingerprint density at radius 2 is 1.19 bits per heavy atom. The van der Waals surface area contributed by atoms with Crippen LogP contribution in [-0.4, -0.2) is 50.0 Å². The van der Waals surface area contributed by atoms with Gasteiger partial charge >= 0.3 is 0 Å². The highest BCUT2D eigenvalue weighted by Gasteiger charge is 2.06. The molecule has 0 atom stereocenters. The molecule has 2 aromatic carbocycles. The van der Waals surface area contributed by atoms with E-state index < -0.39 is 0 Å². The SMILES string of the molecule is Cc1ccc(OCCOCCCCc2cc(CCc3ccc(OCCCOCCCc4cc(C)on4)cc3)on2)cc1. The minimum atomic E-state index is 0.563. The molecular weight excluding hydrogens is 532 g/mol. The standard InChI is InChI=1S/C34H44N2O6/c1-27-9-14-32(15-10-27)40-24-23-38-19-4-3-7-31-26-34(42-36-31)18-13-29-11-16-33(17-12-29)39-22-6-21-37-20-5-8-30-25-28(2)41-35-30/h9-12,14-17,25-26H,3-8,13,18-24H2,1-2H3. The van der Waals surface area contributed by atoms with Crippen LogP contribution in [0.1, 0.15) is 59.7 Å². The fourth-order valence-electron chi connectivity index (χ4n) is 4.42. The average Bonchev–Trinajstić information content (AvgIpc) is 3.64. The Labute approximate surface area is 249 Å². The first-order chi connectivity index (χ1) is 20.6. The molecule has 0 saturated carbocycles. The number of aromatic nitrogens is 2. The molecule has 0 aliphatic carbocycles. The van der Waals surface area contributed by atoms with Crippen LogP contribution in [0, 0.1) is 13.8 Å². The zero-order valence-corrected chi connectivity index (χ0v) is 25.0. The first-order valence-corrected chi connectivity index (χ1v) is 15.1. The molecule has 0 aliphatic rings. The van der Waals surface area contributed by atoms with Gasteiger partial charge in [0.1, 0.15) is 29.6 Å². The first kappa shape index (κ1) is 31.3. The summed E-state index contributed by atoms with van der Waals surface area (Å²) in [6.45, 7) is 7.89. The molecule has 0 bridgehead atoms. The van der Waals surface area contributed by atoms with Crippen LogP contribution in [0.15, 0.2) is 69.7 Å². The molecule has 0 fully saturated rings. The third kappa shape index (κ3) is 12.1. The third-order valence-electron chi connectivity index (χ3n) is 6.78. The van der Waals surface area contributed by atoms with E-state index in [-0.39, 0.29) is 0 Å². The van der Waals surface area contributed by atoms with Gasteiger partial charge in [0.15, 0.2) is 0 Å². The Balaban J connectivity index is 0.981. The molecule has 0 unspecified atom stereocenters. The maximum Gasteiger partial charge on any atom is 0.137 e. The van der Waals surface area contributed by atoms with Crippen molar-refractivity contribution >= 4 is 0 Å². The highest BCUT2D eigenvalue weighted by Crippen LogP contribution is 2.16. The van der Waals surface area contributed by atoms with Crippen LogP contribution in [0.3, 0.4) is 0 Å². The molecule has 4 rings (SSSR count). The van der Waals surface area contributed by atoms with E-state index in [2.05, 4.69) is 35.4 Å². The van der Waals surface area contributed by atoms with Gasteiger partial charge in [-0.25, -0.2) is 0 Å². The lowest BCUT2D eigenvalue weighted by atomic mass is 10.1. The molecule has 0 saturated heterocycles. The summed E-state index contributed by atoms with van der Waals surface area (Å²) in [7, 11) is 0. The maximum absolute atomic E-state index is 5.86. The van der Waals surface area contributed by atoms with Gasteiger partial charge in [-0.3, -0.25) is 0 Å². The van der Waals surface area contributed by atoms with Crippen LogP contribution in [0.5, 0.6) is 11.5 Å². The second-order valence-electron chi connectivity index (χ2n) is 10.5. The molecule has 4 aromatic rings. The van der Waals surface area contributed by atoms with Crippen molar-refractivity contribution in [2.45, 2.75) is 65.2 Å². The van der Waals surface area contributed by atoms with Gasteiger partial charge in [-0.1, -0.05) is 40.1 Å². The Hall–Kier alpha value is -3.62. The molecule has 0 spiro atoms. The Kier molecular flexibility index (Phi) is 13.4. The van der Waals surface area contributed by atoms with Crippen molar-refractivity contribution < 1.29 is 28.0 Å². The van der Waals surface area contributed by atoms with E-state index >= 15 is 0 Å². The van der Waals surface area contributed by atoms with Crippen LogP contribution < -0.4 is 9.47 Å². The van der Waals surface area contributed by atoms with E-state index in [9.17, 15) is 0 Å². The molecule has 226 valence electrons. The summed E-state index contributed by atoms with van der Waals surface area (Å²) in [6.07, 6.45) is 7.29. The number of unbranched alkanes of at least 4 members (excludes halogenated alkanes) is 1. The predicted octanol–water partition coefficient (Wildman–Crippen LogP) is 6.90. The van der Waals surface area contributed by atoms with Crippen LogP contribution >= 0.6 is 0 Å². The zero-order valence-electron chi connectivity index (χ0n) is 25.0. The lowest BCUT2D eigenvalue weighted by molar-refractivity contribution is 0.0974. The van der Waals surface area contributed by atoms with Crippen molar-refractivity contribution in [1.82, 2.24) is 10.3 Å². The number of hydrogen-bond donors (Lipinski definition) is 0. The fourth-order valence-corrected chi connectivity index (χ4v) is 4.42. The lowest BCUT2D eigenvalue weighted by Crippen LogP contribution is -2.07. The Morgan fingerprint density at radius 1 is 0.548 bits per heavy atom. The average molecular weight is 577 g/mol. The molecular formula is C34H44N2O6. The van der Waals surface area contributed by atoms with Crippen LogP contribution in [-0.2, 0) is 35.2 Å². The van der Waals surface area contributed by atoms with E-state index in [1.165, 1.54) is 11.1 Å². The summed E-state index contributed by atoms with van der Waals surface area (Å²) in [4.78, 5) is 0. The highest BCUT2D eigenvalue weighted by atomic mass is 16.5. The van der Waals surface area contributed by atoms with Crippen molar-refractivity contribution in [1.29, 1.82) is 0 Å². The summed E-state index contributed by atoms with van der Waals surface area (Å²) in [5.74, 6) is 3.53. The second kappa shape index (κ2) is 18.0. The van der Waals surface area contributed by atoms with Gasteiger partial charge in [-0.15, -0.1) is 0 Å². The van der Waals surface area contributed by atoms with Crippen LogP contribution in [0.25, 0.3) is 0 Å². The normalized spacial score (nSPS) is 11.2. The number of hydrogen-bond acceptors (Lipinski definition) is 8. The van der Waals surface area contributed by atoms with Gasteiger partial charge in [0.05, 0.1) is 24.6 Å². The van der Waals surface area contributed by atoms with E-state index in [0.29, 0.717) is 33.0 Å². The van der Waals surface area contributed by atoms with Crippen molar-refractivity contribution in [3.63, 3.8) is 0 Å². The smallest absolute Gasteiger partial charge is 0.137 e. The van der Waals surface area contributed by atoms with Crippen LogP contribution in [0.2, 0.25) is 0 Å². The van der Waals surface area contributed by atoms with E-state index in [1.54, 1.807) is 0 Å². The van der Waals surface area contributed by atoms with Crippen molar-refractivity contribution in [3.05, 3.63) is 94.7 Å². The van der Waals surface area contributed by atoms with Crippen LogP contribution in [0.4, 0.5) is 0 Å². The number of ether oxygens (including phenoxy) is 4.